The van der Waals surface area contributed by atoms with E-state index >= 15 is 0 Å². The Labute approximate surface area is 270 Å². The van der Waals surface area contributed by atoms with Crippen LogP contribution in [0.15, 0.2) is 95.9 Å². The van der Waals surface area contributed by atoms with Gasteiger partial charge in [0.1, 0.15) is 6.04 Å². The van der Waals surface area contributed by atoms with Crippen LogP contribution in [0.3, 0.4) is 0 Å². The SMILES string of the molecule is O=C(NC1CCCCC1)C(Cc1ccccc1)N(Cc1ccc(Cl)cc1)C(=O)CCCN1c2cccc3cccc(c23)S1(=O)=O. The lowest BCUT2D eigenvalue weighted by atomic mass is 9.94. The minimum Gasteiger partial charge on any atom is -0.352 e. The molecule has 1 atom stereocenters. The summed E-state index contributed by atoms with van der Waals surface area (Å²) in [6, 6.07) is 27.3. The summed E-state index contributed by atoms with van der Waals surface area (Å²) in [7, 11) is -3.72. The lowest BCUT2D eigenvalue weighted by Gasteiger charge is -2.33. The van der Waals surface area contributed by atoms with Gasteiger partial charge in [0.25, 0.3) is 10.0 Å². The second kappa shape index (κ2) is 13.6. The van der Waals surface area contributed by atoms with Crippen LogP contribution in [-0.2, 0) is 32.6 Å². The van der Waals surface area contributed by atoms with E-state index < -0.39 is 16.1 Å². The van der Waals surface area contributed by atoms with E-state index in [1.165, 1.54) is 10.7 Å². The number of sulfonamides is 1. The van der Waals surface area contributed by atoms with Crippen molar-refractivity contribution in [2.24, 2.45) is 0 Å². The third kappa shape index (κ3) is 6.87. The van der Waals surface area contributed by atoms with Crippen LogP contribution in [0.2, 0.25) is 5.02 Å². The van der Waals surface area contributed by atoms with Crippen molar-refractivity contribution in [1.29, 1.82) is 0 Å². The second-order valence-corrected chi connectivity index (χ2v) is 14.3. The van der Waals surface area contributed by atoms with Crippen LogP contribution in [-0.4, -0.2) is 43.8 Å². The molecule has 2 aliphatic rings. The van der Waals surface area contributed by atoms with Crippen molar-refractivity contribution in [1.82, 2.24) is 10.2 Å². The van der Waals surface area contributed by atoms with Crippen LogP contribution in [0.25, 0.3) is 10.8 Å². The van der Waals surface area contributed by atoms with Crippen molar-refractivity contribution >= 4 is 49.9 Å². The van der Waals surface area contributed by atoms with Crippen LogP contribution in [0, 0.1) is 0 Å². The van der Waals surface area contributed by atoms with Crippen LogP contribution in [0.4, 0.5) is 5.69 Å². The number of anilines is 1. The van der Waals surface area contributed by atoms with Crippen molar-refractivity contribution in [2.45, 2.75) is 74.9 Å². The van der Waals surface area contributed by atoms with Crippen molar-refractivity contribution < 1.29 is 18.0 Å². The molecule has 1 aliphatic heterocycles. The molecule has 9 heteroatoms. The van der Waals surface area contributed by atoms with Crippen LogP contribution in [0.5, 0.6) is 0 Å². The number of nitrogens with one attached hydrogen (secondary N) is 1. The molecule has 234 valence electrons. The van der Waals surface area contributed by atoms with Gasteiger partial charge in [-0.05, 0) is 60.0 Å². The van der Waals surface area contributed by atoms with E-state index in [4.69, 9.17) is 11.6 Å². The summed E-state index contributed by atoms with van der Waals surface area (Å²) in [6.07, 6.45) is 5.99. The molecule has 4 aromatic rings. The molecule has 0 aromatic heterocycles. The van der Waals surface area contributed by atoms with Crippen molar-refractivity contribution in [3.8, 4) is 0 Å². The number of amides is 2. The predicted molar refractivity (Wildman–Crippen MR) is 179 cm³/mol. The molecule has 1 N–H and O–H groups in total. The Bertz CT molecular complexity index is 1770. The third-order valence-corrected chi connectivity index (χ3v) is 11.0. The van der Waals surface area contributed by atoms with E-state index in [0.717, 1.165) is 47.6 Å². The van der Waals surface area contributed by atoms with Gasteiger partial charge in [-0.3, -0.25) is 13.9 Å². The normalized spacial score (nSPS) is 16.4. The molecule has 0 saturated heterocycles. The number of rotatable bonds is 11. The highest BCUT2D eigenvalue weighted by atomic mass is 35.5. The van der Waals surface area contributed by atoms with Crippen molar-refractivity contribution in [3.63, 3.8) is 0 Å². The molecular weight excluding hydrogens is 606 g/mol. The summed E-state index contributed by atoms with van der Waals surface area (Å²) in [5, 5.41) is 5.44. The second-order valence-electron chi connectivity index (χ2n) is 12.0. The number of nitrogens with zero attached hydrogens (tertiary/aromatic N) is 2. The highest BCUT2D eigenvalue weighted by Crippen LogP contribution is 2.42. The summed E-state index contributed by atoms with van der Waals surface area (Å²) in [5.41, 5.74) is 2.46. The first-order valence-electron chi connectivity index (χ1n) is 15.7. The first kappa shape index (κ1) is 31.1. The molecule has 1 fully saturated rings. The molecule has 1 heterocycles. The Kier molecular flexibility index (Phi) is 9.42. The van der Waals surface area contributed by atoms with Crippen LogP contribution < -0.4 is 9.62 Å². The number of hydrogen-bond acceptors (Lipinski definition) is 4. The molecule has 7 nitrogen and oxygen atoms in total. The number of hydrogen-bond donors (Lipinski definition) is 1. The zero-order valence-corrected chi connectivity index (χ0v) is 26.8. The Morgan fingerprint density at radius 1 is 0.867 bits per heavy atom. The first-order valence-corrected chi connectivity index (χ1v) is 17.6. The number of carbonyl (C=O) groups excluding carboxylic acids is 2. The molecule has 4 aromatic carbocycles. The number of benzene rings is 4. The number of halogens is 1. The first-order chi connectivity index (χ1) is 21.8. The largest absolute Gasteiger partial charge is 0.352 e. The average Bonchev–Trinajstić information content (AvgIpc) is 3.27. The monoisotopic (exact) mass is 643 g/mol. The molecule has 1 saturated carbocycles. The average molecular weight is 644 g/mol. The summed E-state index contributed by atoms with van der Waals surface area (Å²) in [4.78, 5) is 30.1. The lowest BCUT2D eigenvalue weighted by molar-refractivity contribution is -0.141. The summed E-state index contributed by atoms with van der Waals surface area (Å²) >= 11 is 6.16. The Morgan fingerprint density at radius 2 is 1.58 bits per heavy atom. The zero-order valence-electron chi connectivity index (χ0n) is 25.2. The minimum atomic E-state index is -3.72. The van der Waals surface area contributed by atoms with E-state index in [2.05, 4.69) is 5.32 Å². The van der Waals surface area contributed by atoms with Gasteiger partial charge in [-0.1, -0.05) is 97.6 Å². The van der Waals surface area contributed by atoms with E-state index in [9.17, 15) is 18.0 Å². The fourth-order valence-electron chi connectivity index (χ4n) is 6.60. The molecule has 45 heavy (non-hydrogen) atoms. The fourth-order valence-corrected chi connectivity index (χ4v) is 8.48. The molecule has 2 amide bonds. The lowest BCUT2D eigenvalue weighted by Crippen LogP contribution is -2.52. The minimum absolute atomic E-state index is 0.0912. The van der Waals surface area contributed by atoms with Gasteiger partial charge in [0, 0.05) is 42.4 Å². The summed E-state index contributed by atoms with van der Waals surface area (Å²) < 4.78 is 28.4. The van der Waals surface area contributed by atoms with Gasteiger partial charge in [-0.25, -0.2) is 8.42 Å². The predicted octanol–water partition coefficient (Wildman–Crippen LogP) is 6.87. The third-order valence-electron chi connectivity index (χ3n) is 8.92. The molecule has 1 unspecified atom stereocenters. The van der Waals surface area contributed by atoms with Gasteiger partial charge in [0.05, 0.1) is 10.6 Å². The van der Waals surface area contributed by atoms with Crippen LogP contribution in [0.1, 0.15) is 56.1 Å². The zero-order chi connectivity index (χ0) is 31.4. The smallest absolute Gasteiger partial charge is 0.265 e. The topological polar surface area (TPSA) is 86.8 Å². The summed E-state index contributed by atoms with van der Waals surface area (Å²) in [5.74, 6) is -0.352. The quantitative estimate of drug-likeness (QED) is 0.193. The van der Waals surface area contributed by atoms with Gasteiger partial charge in [-0.2, -0.15) is 0 Å². The van der Waals surface area contributed by atoms with E-state index in [0.29, 0.717) is 28.4 Å². The Hall–Kier alpha value is -3.88. The highest BCUT2D eigenvalue weighted by molar-refractivity contribution is 7.93. The Morgan fingerprint density at radius 3 is 2.31 bits per heavy atom. The van der Waals surface area contributed by atoms with Crippen molar-refractivity contribution in [3.05, 3.63) is 107 Å². The standard InChI is InChI=1S/C36H38ClN3O4S/c37-29-21-19-27(20-22-29)25-39(32(24-26-10-3-1-4-11-26)36(42)38-30-14-5-2-6-15-30)34(41)18-9-23-40-31-16-7-12-28-13-8-17-33(35(28)31)45(40,43)44/h1,3-4,7-8,10-13,16-17,19-22,30,32H,2,5-6,9,14-15,18,23-25H2,(H,38,42). The molecule has 1 aliphatic carbocycles. The number of carbonyl (C=O) groups is 2. The van der Waals surface area contributed by atoms with Gasteiger partial charge in [0.2, 0.25) is 11.8 Å². The van der Waals surface area contributed by atoms with Crippen molar-refractivity contribution in [2.75, 3.05) is 10.8 Å². The van der Waals surface area contributed by atoms with E-state index in [1.807, 2.05) is 66.7 Å². The van der Waals surface area contributed by atoms with Gasteiger partial charge >= 0.3 is 0 Å². The Balaban J connectivity index is 1.25. The van der Waals surface area contributed by atoms with Crippen LogP contribution >= 0.6 is 11.6 Å². The molecule has 6 rings (SSSR count). The molecule has 0 bridgehead atoms. The van der Waals surface area contributed by atoms with E-state index in [-0.39, 0.29) is 37.4 Å². The van der Waals surface area contributed by atoms with Gasteiger partial charge in [0.15, 0.2) is 0 Å². The maximum absolute atomic E-state index is 14.1. The molecular formula is C36H38ClN3O4S. The fraction of sp³-hybridized carbons (Fsp3) is 0.333. The molecule has 0 spiro atoms. The van der Waals surface area contributed by atoms with Gasteiger partial charge < -0.3 is 10.2 Å². The van der Waals surface area contributed by atoms with Gasteiger partial charge in [-0.15, -0.1) is 0 Å². The van der Waals surface area contributed by atoms with E-state index in [1.54, 1.807) is 29.2 Å². The maximum atomic E-state index is 14.1. The maximum Gasteiger partial charge on any atom is 0.265 e. The molecule has 0 radical (unpaired) electrons. The highest BCUT2D eigenvalue weighted by Gasteiger charge is 2.36. The summed E-state index contributed by atoms with van der Waals surface area (Å²) in [6.45, 7) is 0.395.